The summed E-state index contributed by atoms with van der Waals surface area (Å²) in [6, 6.07) is 15.9. The van der Waals surface area contributed by atoms with Gasteiger partial charge in [-0.3, -0.25) is 4.98 Å². The Kier molecular flexibility index (Phi) is 3.64. The maximum atomic E-state index is 4.33. The molecule has 4 nitrogen and oxygen atoms in total. The number of nitrogens with zero attached hydrogens (tertiary/aromatic N) is 3. The molecule has 2 aromatic heterocycles. The second kappa shape index (κ2) is 5.93. The van der Waals surface area contributed by atoms with E-state index in [1.807, 2.05) is 36.4 Å². The molecule has 0 bridgehead atoms. The Morgan fingerprint density at radius 3 is 2.25 bits per heavy atom. The number of anilines is 1. The summed E-state index contributed by atoms with van der Waals surface area (Å²) in [7, 11) is 0. The van der Waals surface area contributed by atoms with Gasteiger partial charge in [0.15, 0.2) is 5.82 Å². The van der Waals surface area contributed by atoms with E-state index in [0.717, 1.165) is 17.9 Å². The fourth-order valence-corrected chi connectivity index (χ4v) is 1.85. The Bertz CT molecular complexity index is 651. The highest BCUT2D eigenvalue weighted by Crippen LogP contribution is 2.12. The molecule has 0 unspecified atom stereocenters. The van der Waals surface area contributed by atoms with E-state index in [2.05, 4.69) is 32.4 Å². The first-order valence-electron chi connectivity index (χ1n) is 6.43. The lowest BCUT2D eigenvalue weighted by atomic mass is 10.2. The van der Waals surface area contributed by atoms with Gasteiger partial charge in [-0.05, 0) is 17.7 Å². The Labute approximate surface area is 117 Å². The molecule has 0 atom stereocenters. The van der Waals surface area contributed by atoms with Gasteiger partial charge in [0.05, 0.1) is 18.1 Å². The van der Waals surface area contributed by atoms with Crippen LogP contribution in [0.5, 0.6) is 0 Å². The molecule has 1 aromatic carbocycles. The monoisotopic (exact) mass is 262 g/mol. The highest BCUT2D eigenvalue weighted by molar-refractivity contribution is 5.50. The molecule has 0 amide bonds. The van der Waals surface area contributed by atoms with Crippen molar-refractivity contribution in [2.24, 2.45) is 0 Å². The first kappa shape index (κ1) is 12.3. The third-order valence-corrected chi connectivity index (χ3v) is 2.89. The van der Waals surface area contributed by atoms with Crippen molar-refractivity contribution in [1.29, 1.82) is 0 Å². The van der Waals surface area contributed by atoms with Crippen LogP contribution in [-0.4, -0.2) is 15.0 Å². The predicted molar refractivity (Wildman–Crippen MR) is 79.0 cm³/mol. The summed E-state index contributed by atoms with van der Waals surface area (Å²) >= 11 is 0. The van der Waals surface area contributed by atoms with Crippen LogP contribution in [0.1, 0.15) is 5.56 Å². The summed E-state index contributed by atoms with van der Waals surface area (Å²) in [6.07, 6.45) is 5.29. The standard InChI is InChI=1S/C16H14N4/c1-2-6-13(7-3-1)10-18-14-11-19-16(20-12-14)15-8-4-5-9-17-15/h1-9,11-12,18H,10H2. The van der Waals surface area contributed by atoms with Crippen molar-refractivity contribution in [3.63, 3.8) is 0 Å². The van der Waals surface area contributed by atoms with E-state index in [0.29, 0.717) is 5.82 Å². The summed E-state index contributed by atoms with van der Waals surface area (Å²) in [5.74, 6) is 0.635. The second-order valence-corrected chi connectivity index (χ2v) is 4.35. The third-order valence-electron chi connectivity index (χ3n) is 2.89. The van der Waals surface area contributed by atoms with E-state index < -0.39 is 0 Å². The minimum Gasteiger partial charge on any atom is -0.378 e. The van der Waals surface area contributed by atoms with Gasteiger partial charge in [0.2, 0.25) is 0 Å². The first-order valence-corrected chi connectivity index (χ1v) is 6.43. The van der Waals surface area contributed by atoms with Crippen LogP contribution in [0.3, 0.4) is 0 Å². The molecule has 98 valence electrons. The van der Waals surface area contributed by atoms with Crippen molar-refractivity contribution in [3.05, 3.63) is 72.7 Å². The normalized spacial score (nSPS) is 10.2. The Morgan fingerprint density at radius 1 is 0.800 bits per heavy atom. The Morgan fingerprint density at radius 2 is 1.55 bits per heavy atom. The zero-order valence-electron chi connectivity index (χ0n) is 10.9. The number of aromatic nitrogens is 3. The number of nitrogens with one attached hydrogen (secondary N) is 1. The number of benzene rings is 1. The topological polar surface area (TPSA) is 50.7 Å². The molecular weight excluding hydrogens is 248 g/mol. The van der Waals surface area contributed by atoms with E-state index in [1.54, 1.807) is 18.6 Å². The van der Waals surface area contributed by atoms with Crippen LogP contribution < -0.4 is 5.32 Å². The SMILES string of the molecule is c1ccc(CNc2cnc(-c3ccccn3)nc2)cc1. The average Bonchev–Trinajstić information content (AvgIpc) is 2.55. The molecule has 0 aliphatic rings. The average molecular weight is 262 g/mol. The van der Waals surface area contributed by atoms with Crippen molar-refractivity contribution >= 4 is 5.69 Å². The fraction of sp³-hybridized carbons (Fsp3) is 0.0625. The lowest BCUT2D eigenvalue weighted by Gasteiger charge is -2.06. The van der Waals surface area contributed by atoms with E-state index >= 15 is 0 Å². The van der Waals surface area contributed by atoms with Gasteiger partial charge in [-0.15, -0.1) is 0 Å². The molecule has 1 N–H and O–H groups in total. The summed E-state index contributed by atoms with van der Waals surface area (Å²) < 4.78 is 0. The van der Waals surface area contributed by atoms with Crippen molar-refractivity contribution < 1.29 is 0 Å². The fourth-order valence-electron chi connectivity index (χ4n) is 1.85. The zero-order chi connectivity index (χ0) is 13.6. The molecule has 3 rings (SSSR count). The third kappa shape index (κ3) is 2.98. The van der Waals surface area contributed by atoms with E-state index in [9.17, 15) is 0 Å². The Hall–Kier alpha value is -2.75. The largest absolute Gasteiger partial charge is 0.378 e. The number of hydrogen-bond donors (Lipinski definition) is 1. The molecule has 0 saturated carbocycles. The van der Waals surface area contributed by atoms with Crippen LogP contribution >= 0.6 is 0 Å². The Balaban J connectivity index is 1.68. The van der Waals surface area contributed by atoms with Gasteiger partial charge >= 0.3 is 0 Å². The number of pyridine rings is 1. The summed E-state index contributed by atoms with van der Waals surface area (Å²) in [5.41, 5.74) is 2.90. The summed E-state index contributed by atoms with van der Waals surface area (Å²) in [4.78, 5) is 12.9. The van der Waals surface area contributed by atoms with Gasteiger partial charge in [-0.1, -0.05) is 36.4 Å². The van der Waals surface area contributed by atoms with E-state index in [1.165, 1.54) is 5.56 Å². The van der Waals surface area contributed by atoms with Gasteiger partial charge < -0.3 is 5.32 Å². The van der Waals surface area contributed by atoms with Crippen molar-refractivity contribution in [1.82, 2.24) is 15.0 Å². The molecule has 3 aromatic rings. The van der Waals surface area contributed by atoms with Crippen LogP contribution in [0.15, 0.2) is 67.1 Å². The zero-order valence-corrected chi connectivity index (χ0v) is 10.9. The van der Waals surface area contributed by atoms with Gasteiger partial charge in [-0.25, -0.2) is 9.97 Å². The highest BCUT2D eigenvalue weighted by Gasteiger charge is 2.01. The molecule has 0 spiro atoms. The van der Waals surface area contributed by atoms with Gasteiger partial charge in [0.25, 0.3) is 0 Å². The molecule has 4 heteroatoms. The van der Waals surface area contributed by atoms with E-state index in [-0.39, 0.29) is 0 Å². The summed E-state index contributed by atoms with van der Waals surface area (Å²) in [5, 5.41) is 3.29. The van der Waals surface area contributed by atoms with Gasteiger partial charge in [0.1, 0.15) is 5.69 Å². The van der Waals surface area contributed by atoms with Crippen LogP contribution in [0.4, 0.5) is 5.69 Å². The quantitative estimate of drug-likeness (QED) is 0.784. The van der Waals surface area contributed by atoms with Crippen molar-refractivity contribution in [2.75, 3.05) is 5.32 Å². The number of rotatable bonds is 4. The lowest BCUT2D eigenvalue weighted by Crippen LogP contribution is -2.01. The molecule has 20 heavy (non-hydrogen) atoms. The maximum absolute atomic E-state index is 4.33. The highest BCUT2D eigenvalue weighted by atomic mass is 15.0. The predicted octanol–water partition coefficient (Wildman–Crippen LogP) is 3.15. The second-order valence-electron chi connectivity index (χ2n) is 4.35. The first-order chi connectivity index (χ1) is 9.92. The molecule has 0 fully saturated rings. The minimum atomic E-state index is 0.635. The molecule has 0 aliphatic heterocycles. The minimum absolute atomic E-state index is 0.635. The number of hydrogen-bond acceptors (Lipinski definition) is 4. The van der Waals surface area contributed by atoms with Gasteiger partial charge in [0, 0.05) is 12.7 Å². The van der Waals surface area contributed by atoms with Gasteiger partial charge in [-0.2, -0.15) is 0 Å². The molecule has 0 saturated heterocycles. The van der Waals surface area contributed by atoms with Crippen LogP contribution in [-0.2, 0) is 6.54 Å². The molecular formula is C16H14N4. The van der Waals surface area contributed by atoms with Crippen LogP contribution in [0.25, 0.3) is 11.5 Å². The van der Waals surface area contributed by atoms with Crippen LogP contribution in [0.2, 0.25) is 0 Å². The molecule has 0 aliphatic carbocycles. The van der Waals surface area contributed by atoms with E-state index in [4.69, 9.17) is 0 Å². The maximum Gasteiger partial charge on any atom is 0.178 e. The van der Waals surface area contributed by atoms with Crippen LogP contribution in [0, 0.1) is 0 Å². The summed E-state index contributed by atoms with van der Waals surface area (Å²) in [6.45, 7) is 0.757. The smallest absolute Gasteiger partial charge is 0.178 e. The molecule has 0 radical (unpaired) electrons. The molecule has 2 heterocycles. The van der Waals surface area contributed by atoms with Crippen molar-refractivity contribution in [3.8, 4) is 11.5 Å². The lowest BCUT2D eigenvalue weighted by molar-refractivity contribution is 1.09. The van der Waals surface area contributed by atoms with Crippen molar-refractivity contribution in [2.45, 2.75) is 6.54 Å².